The number of furan rings is 1. The molecule has 3 aromatic heterocycles. The summed E-state index contributed by atoms with van der Waals surface area (Å²) in [5, 5.41) is 15.7. The maximum Gasteiger partial charge on any atom is 0.183 e. The summed E-state index contributed by atoms with van der Waals surface area (Å²) in [5.41, 5.74) is 7.03. The largest absolute Gasteiger partial charge is 0.458 e. The van der Waals surface area contributed by atoms with Gasteiger partial charge in [-0.05, 0) is 18.6 Å². The summed E-state index contributed by atoms with van der Waals surface area (Å²) in [7, 11) is 0. The van der Waals surface area contributed by atoms with E-state index < -0.39 is 0 Å². The third-order valence-corrected chi connectivity index (χ3v) is 4.40. The summed E-state index contributed by atoms with van der Waals surface area (Å²) in [4.78, 5) is 4.07. The summed E-state index contributed by atoms with van der Waals surface area (Å²) in [6, 6.07) is 4.14. The summed E-state index contributed by atoms with van der Waals surface area (Å²) < 4.78 is 7.69. The molecule has 3 aromatic rings. The number of aryl methyl sites for hydroxylation is 1. The molecule has 23 heavy (non-hydrogen) atoms. The van der Waals surface area contributed by atoms with E-state index in [-0.39, 0.29) is 6.04 Å². The van der Waals surface area contributed by atoms with Gasteiger partial charge in [0.1, 0.15) is 17.8 Å². The Bertz CT molecular complexity index is 746. The van der Waals surface area contributed by atoms with Crippen LogP contribution in [-0.4, -0.2) is 42.5 Å². The second-order valence-corrected chi connectivity index (χ2v) is 6.20. The van der Waals surface area contributed by atoms with E-state index in [0.29, 0.717) is 0 Å². The molecule has 0 saturated carbocycles. The lowest BCUT2D eigenvalue weighted by atomic mass is 10.2. The van der Waals surface area contributed by atoms with Crippen molar-refractivity contribution < 1.29 is 4.42 Å². The minimum atomic E-state index is 0.220. The molecule has 1 unspecified atom stereocenters. The molecule has 4 rings (SSSR count). The highest BCUT2D eigenvalue weighted by Crippen LogP contribution is 2.26. The topological polar surface area (TPSA) is 109 Å². The number of H-pyrrole nitrogens is 1. The Kier molecular flexibility index (Phi) is 4.09. The number of thioether (sulfide) groups is 1. The molecule has 0 amide bonds. The lowest BCUT2D eigenvalue weighted by molar-refractivity contribution is 0.440. The van der Waals surface area contributed by atoms with Crippen LogP contribution in [0, 0.1) is 0 Å². The van der Waals surface area contributed by atoms with Crippen molar-refractivity contribution in [3.63, 3.8) is 0 Å². The highest BCUT2D eigenvalue weighted by Gasteiger charge is 2.20. The van der Waals surface area contributed by atoms with Gasteiger partial charge in [-0.15, -0.1) is 5.10 Å². The van der Waals surface area contributed by atoms with Crippen LogP contribution in [0.1, 0.15) is 18.2 Å². The molecule has 4 heterocycles. The van der Waals surface area contributed by atoms with Crippen molar-refractivity contribution in [2.24, 2.45) is 0 Å². The van der Waals surface area contributed by atoms with Crippen LogP contribution in [0.25, 0.3) is 11.5 Å². The smallest absolute Gasteiger partial charge is 0.183 e. The Morgan fingerprint density at radius 2 is 2.39 bits per heavy atom. The summed E-state index contributed by atoms with van der Waals surface area (Å²) in [6.07, 6.45) is 4.40. The van der Waals surface area contributed by atoms with Crippen LogP contribution in [0.5, 0.6) is 0 Å². The van der Waals surface area contributed by atoms with Crippen molar-refractivity contribution in [1.29, 1.82) is 0 Å². The predicted octanol–water partition coefficient (Wildman–Crippen LogP) is 0.987. The highest BCUT2D eigenvalue weighted by atomic mass is 32.2. The van der Waals surface area contributed by atoms with Crippen molar-refractivity contribution in [1.82, 2.24) is 41.0 Å². The average molecular weight is 332 g/mol. The number of nitrogens with zero attached hydrogens (tertiary/aromatic N) is 5. The molecule has 1 saturated heterocycles. The van der Waals surface area contributed by atoms with Crippen LogP contribution in [0.15, 0.2) is 34.2 Å². The fourth-order valence-electron chi connectivity index (χ4n) is 2.40. The number of aromatic nitrogens is 6. The second kappa shape index (κ2) is 6.52. The monoisotopic (exact) mass is 332 g/mol. The van der Waals surface area contributed by atoms with Gasteiger partial charge in [0, 0.05) is 12.3 Å². The van der Waals surface area contributed by atoms with E-state index in [1.165, 1.54) is 6.33 Å². The first-order chi connectivity index (χ1) is 11.4. The van der Waals surface area contributed by atoms with Crippen molar-refractivity contribution >= 4 is 11.8 Å². The lowest BCUT2D eigenvalue weighted by Gasteiger charge is -2.04. The van der Waals surface area contributed by atoms with Crippen molar-refractivity contribution in [2.75, 3.05) is 12.3 Å². The molecule has 1 fully saturated rings. The van der Waals surface area contributed by atoms with E-state index in [2.05, 4.69) is 36.3 Å². The van der Waals surface area contributed by atoms with Crippen molar-refractivity contribution in [2.45, 2.75) is 24.2 Å². The normalized spacial score (nSPS) is 17.8. The lowest BCUT2D eigenvalue weighted by Crippen LogP contribution is -2.24. The van der Waals surface area contributed by atoms with Crippen molar-refractivity contribution in [3.05, 3.63) is 30.4 Å². The SMILES string of the molecule is c1n[nH]c(SCCn2cc(-c3ccc(C4CCNN4)o3)nn2)n1. The summed E-state index contributed by atoms with van der Waals surface area (Å²) in [6.45, 7) is 1.68. The molecule has 120 valence electrons. The van der Waals surface area contributed by atoms with E-state index in [0.717, 1.165) is 47.6 Å². The molecule has 9 nitrogen and oxygen atoms in total. The Balaban J connectivity index is 1.37. The van der Waals surface area contributed by atoms with Gasteiger partial charge >= 0.3 is 0 Å². The van der Waals surface area contributed by atoms with Crippen LogP contribution in [0.4, 0.5) is 0 Å². The number of hydrogen-bond acceptors (Lipinski definition) is 8. The van der Waals surface area contributed by atoms with Crippen LogP contribution < -0.4 is 10.9 Å². The third-order valence-electron chi connectivity index (χ3n) is 3.55. The Morgan fingerprint density at radius 1 is 1.39 bits per heavy atom. The first-order valence-electron chi connectivity index (χ1n) is 7.35. The zero-order valence-electron chi connectivity index (χ0n) is 12.3. The Labute approximate surface area is 136 Å². The van der Waals surface area contributed by atoms with E-state index in [9.17, 15) is 0 Å². The molecule has 0 aromatic carbocycles. The molecule has 3 N–H and O–H groups in total. The summed E-state index contributed by atoms with van der Waals surface area (Å²) in [5.74, 6) is 2.49. The molecule has 0 radical (unpaired) electrons. The molecule has 10 heteroatoms. The molecular formula is C13H16N8OS. The second-order valence-electron chi connectivity index (χ2n) is 5.12. The van der Waals surface area contributed by atoms with Gasteiger partial charge in [0.15, 0.2) is 10.9 Å². The van der Waals surface area contributed by atoms with Gasteiger partial charge in [-0.25, -0.2) is 10.4 Å². The average Bonchev–Trinajstić information content (AvgIpc) is 3.33. The van der Waals surface area contributed by atoms with Crippen LogP contribution in [0.2, 0.25) is 0 Å². The van der Waals surface area contributed by atoms with Gasteiger partial charge in [0.2, 0.25) is 0 Å². The van der Waals surface area contributed by atoms with Crippen LogP contribution >= 0.6 is 11.8 Å². The first-order valence-corrected chi connectivity index (χ1v) is 8.34. The maximum absolute atomic E-state index is 5.88. The highest BCUT2D eigenvalue weighted by molar-refractivity contribution is 7.99. The Hall–Kier alpha value is -2.17. The van der Waals surface area contributed by atoms with Crippen LogP contribution in [0.3, 0.4) is 0 Å². The molecule has 1 aliphatic rings. The number of hydrazine groups is 1. The number of hydrogen-bond donors (Lipinski definition) is 3. The van der Waals surface area contributed by atoms with E-state index >= 15 is 0 Å². The van der Waals surface area contributed by atoms with Gasteiger partial charge in [-0.2, -0.15) is 5.10 Å². The molecule has 0 bridgehead atoms. The molecular weight excluding hydrogens is 316 g/mol. The zero-order valence-corrected chi connectivity index (χ0v) is 13.1. The minimum absolute atomic E-state index is 0.220. The molecule has 0 aliphatic carbocycles. The number of aromatic amines is 1. The quantitative estimate of drug-likeness (QED) is 0.573. The number of rotatable bonds is 6. The summed E-state index contributed by atoms with van der Waals surface area (Å²) >= 11 is 1.59. The zero-order chi connectivity index (χ0) is 15.5. The third kappa shape index (κ3) is 3.28. The first kappa shape index (κ1) is 14.4. The van der Waals surface area contributed by atoms with Gasteiger partial charge in [-0.1, -0.05) is 17.0 Å². The standard InChI is InChI=1S/C13H16N8OS/c1-2-12(22-11(1)9-3-4-15-17-9)10-7-21(20-18-10)5-6-23-13-14-8-16-19-13/h1-2,7-9,15,17H,3-6H2,(H,14,16,19). The maximum atomic E-state index is 5.88. The fraction of sp³-hybridized carbons (Fsp3) is 0.385. The molecule has 0 spiro atoms. The molecule has 1 aliphatic heterocycles. The van der Waals surface area contributed by atoms with Gasteiger partial charge in [-0.3, -0.25) is 15.2 Å². The molecule has 1 atom stereocenters. The van der Waals surface area contributed by atoms with Gasteiger partial charge in [0.25, 0.3) is 0 Å². The van der Waals surface area contributed by atoms with E-state index in [4.69, 9.17) is 4.42 Å². The van der Waals surface area contributed by atoms with Gasteiger partial charge in [0.05, 0.1) is 18.8 Å². The van der Waals surface area contributed by atoms with Crippen LogP contribution in [-0.2, 0) is 6.54 Å². The number of nitrogens with one attached hydrogen (secondary N) is 3. The van der Waals surface area contributed by atoms with E-state index in [1.54, 1.807) is 16.4 Å². The van der Waals surface area contributed by atoms with E-state index in [1.807, 2.05) is 18.3 Å². The fourth-order valence-corrected chi connectivity index (χ4v) is 3.11. The van der Waals surface area contributed by atoms with Gasteiger partial charge < -0.3 is 4.42 Å². The minimum Gasteiger partial charge on any atom is -0.458 e. The predicted molar refractivity (Wildman–Crippen MR) is 83.3 cm³/mol. The van der Waals surface area contributed by atoms with Crippen molar-refractivity contribution in [3.8, 4) is 11.5 Å². The Morgan fingerprint density at radius 3 is 3.22 bits per heavy atom.